The van der Waals surface area contributed by atoms with Gasteiger partial charge in [-0.05, 0) is 42.0 Å². The number of methoxy groups -OCH3 is 1. The van der Waals surface area contributed by atoms with Gasteiger partial charge in [-0.3, -0.25) is 5.41 Å². The summed E-state index contributed by atoms with van der Waals surface area (Å²) in [6.07, 6.45) is 0. The van der Waals surface area contributed by atoms with Crippen LogP contribution in [0.2, 0.25) is 0 Å². The van der Waals surface area contributed by atoms with E-state index in [0.717, 1.165) is 23.5 Å². The van der Waals surface area contributed by atoms with E-state index in [9.17, 15) is 0 Å². The van der Waals surface area contributed by atoms with E-state index >= 15 is 0 Å². The van der Waals surface area contributed by atoms with Crippen molar-refractivity contribution in [2.24, 2.45) is 5.73 Å². The van der Waals surface area contributed by atoms with E-state index in [1.807, 2.05) is 48.5 Å². The number of amidine groups is 1. The first-order valence-electron chi connectivity index (χ1n) is 6.00. The van der Waals surface area contributed by atoms with Crippen molar-refractivity contribution in [2.75, 3.05) is 12.4 Å². The molecule has 19 heavy (non-hydrogen) atoms. The first kappa shape index (κ1) is 13.0. The Morgan fingerprint density at radius 2 is 1.74 bits per heavy atom. The van der Waals surface area contributed by atoms with E-state index in [-0.39, 0.29) is 5.84 Å². The van der Waals surface area contributed by atoms with Crippen molar-refractivity contribution in [3.05, 3.63) is 59.7 Å². The number of rotatable bonds is 5. The van der Waals surface area contributed by atoms with E-state index in [1.54, 1.807) is 7.11 Å². The highest BCUT2D eigenvalue weighted by Gasteiger charge is 1.98. The van der Waals surface area contributed by atoms with Crippen LogP contribution in [-0.2, 0) is 6.54 Å². The molecule has 98 valence electrons. The number of nitrogens with one attached hydrogen (secondary N) is 2. The standard InChI is InChI=1S/C15H17N3O/c1-19-14-8-2-11(3-9-14)10-18-13-6-4-12(5-7-13)15(16)17/h2-9,18H,10H2,1H3,(H3,16,17). The lowest BCUT2D eigenvalue weighted by molar-refractivity contribution is 0.414. The van der Waals surface area contributed by atoms with Crippen LogP contribution in [0, 0.1) is 5.41 Å². The van der Waals surface area contributed by atoms with Crippen LogP contribution < -0.4 is 15.8 Å². The Kier molecular flexibility index (Phi) is 4.03. The van der Waals surface area contributed by atoms with Crippen LogP contribution in [0.4, 0.5) is 5.69 Å². The quantitative estimate of drug-likeness (QED) is 0.568. The molecule has 0 aliphatic rings. The first-order valence-corrected chi connectivity index (χ1v) is 6.00. The summed E-state index contributed by atoms with van der Waals surface area (Å²) >= 11 is 0. The Bertz CT molecular complexity index is 547. The zero-order valence-electron chi connectivity index (χ0n) is 10.8. The second kappa shape index (κ2) is 5.91. The molecule has 0 amide bonds. The van der Waals surface area contributed by atoms with Crippen molar-refractivity contribution in [2.45, 2.75) is 6.54 Å². The number of nitrogen functional groups attached to an aromatic ring is 1. The molecule has 0 aliphatic heterocycles. The third kappa shape index (κ3) is 3.48. The Morgan fingerprint density at radius 1 is 1.11 bits per heavy atom. The summed E-state index contributed by atoms with van der Waals surface area (Å²) in [6.45, 7) is 0.739. The lowest BCUT2D eigenvalue weighted by Crippen LogP contribution is -2.10. The van der Waals surface area contributed by atoms with Crippen LogP contribution >= 0.6 is 0 Å². The van der Waals surface area contributed by atoms with Gasteiger partial charge in [-0.2, -0.15) is 0 Å². The second-order valence-electron chi connectivity index (χ2n) is 4.19. The van der Waals surface area contributed by atoms with Gasteiger partial charge in [0.1, 0.15) is 11.6 Å². The van der Waals surface area contributed by atoms with E-state index in [4.69, 9.17) is 15.9 Å². The fourth-order valence-corrected chi connectivity index (χ4v) is 1.72. The maximum Gasteiger partial charge on any atom is 0.122 e. The monoisotopic (exact) mass is 255 g/mol. The summed E-state index contributed by atoms with van der Waals surface area (Å²) in [5.74, 6) is 0.941. The maximum atomic E-state index is 7.33. The third-order valence-electron chi connectivity index (χ3n) is 2.85. The van der Waals surface area contributed by atoms with Gasteiger partial charge in [-0.1, -0.05) is 12.1 Å². The topological polar surface area (TPSA) is 71.1 Å². The summed E-state index contributed by atoms with van der Waals surface area (Å²) in [5.41, 5.74) is 8.32. The van der Waals surface area contributed by atoms with Gasteiger partial charge in [-0.15, -0.1) is 0 Å². The molecule has 0 saturated carbocycles. The molecule has 0 bridgehead atoms. The zero-order valence-corrected chi connectivity index (χ0v) is 10.8. The average Bonchev–Trinajstić information content (AvgIpc) is 2.46. The minimum atomic E-state index is 0.0849. The van der Waals surface area contributed by atoms with Crippen LogP contribution in [-0.4, -0.2) is 12.9 Å². The molecular formula is C15H17N3O. The summed E-state index contributed by atoms with van der Waals surface area (Å²) in [5, 5.41) is 10.6. The normalized spacial score (nSPS) is 9.95. The average molecular weight is 255 g/mol. The van der Waals surface area contributed by atoms with Crippen molar-refractivity contribution < 1.29 is 4.74 Å². The number of ether oxygens (including phenoxy) is 1. The van der Waals surface area contributed by atoms with Gasteiger partial charge in [0.25, 0.3) is 0 Å². The molecule has 4 N–H and O–H groups in total. The molecule has 0 aliphatic carbocycles. The molecule has 0 radical (unpaired) electrons. The van der Waals surface area contributed by atoms with Crippen LogP contribution in [0.5, 0.6) is 5.75 Å². The van der Waals surface area contributed by atoms with Crippen molar-refractivity contribution in [1.29, 1.82) is 5.41 Å². The van der Waals surface area contributed by atoms with Crippen molar-refractivity contribution in [3.63, 3.8) is 0 Å². The van der Waals surface area contributed by atoms with Gasteiger partial charge in [-0.25, -0.2) is 0 Å². The van der Waals surface area contributed by atoms with Gasteiger partial charge in [0.05, 0.1) is 7.11 Å². The summed E-state index contributed by atoms with van der Waals surface area (Å²) < 4.78 is 5.12. The second-order valence-corrected chi connectivity index (χ2v) is 4.19. The molecular weight excluding hydrogens is 238 g/mol. The van der Waals surface area contributed by atoms with E-state index in [0.29, 0.717) is 0 Å². The van der Waals surface area contributed by atoms with Crippen LogP contribution in [0.1, 0.15) is 11.1 Å². The highest BCUT2D eigenvalue weighted by Crippen LogP contribution is 2.14. The van der Waals surface area contributed by atoms with Crippen LogP contribution in [0.3, 0.4) is 0 Å². The van der Waals surface area contributed by atoms with Gasteiger partial charge in [0.2, 0.25) is 0 Å². The number of anilines is 1. The zero-order chi connectivity index (χ0) is 13.7. The minimum absolute atomic E-state index is 0.0849. The molecule has 0 saturated heterocycles. The molecule has 4 heteroatoms. The minimum Gasteiger partial charge on any atom is -0.497 e. The van der Waals surface area contributed by atoms with Crippen molar-refractivity contribution >= 4 is 11.5 Å². The molecule has 0 heterocycles. The number of benzene rings is 2. The molecule has 0 aromatic heterocycles. The molecule has 2 aromatic rings. The highest BCUT2D eigenvalue weighted by atomic mass is 16.5. The predicted octanol–water partition coefficient (Wildman–Crippen LogP) is 2.59. The lowest BCUT2D eigenvalue weighted by Gasteiger charge is -2.08. The molecule has 0 atom stereocenters. The van der Waals surface area contributed by atoms with Gasteiger partial charge < -0.3 is 15.8 Å². The summed E-state index contributed by atoms with van der Waals surface area (Å²) in [4.78, 5) is 0. The molecule has 0 fully saturated rings. The molecule has 2 rings (SSSR count). The Hall–Kier alpha value is -2.49. The van der Waals surface area contributed by atoms with Gasteiger partial charge in [0.15, 0.2) is 0 Å². The van der Waals surface area contributed by atoms with E-state index in [1.165, 1.54) is 5.56 Å². The van der Waals surface area contributed by atoms with E-state index in [2.05, 4.69) is 5.32 Å². The predicted molar refractivity (Wildman–Crippen MR) is 77.8 cm³/mol. The molecule has 4 nitrogen and oxygen atoms in total. The Labute approximate surface area is 112 Å². The van der Waals surface area contributed by atoms with Gasteiger partial charge in [0, 0.05) is 17.8 Å². The smallest absolute Gasteiger partial charge is 0.122 e. The lowest BCUT2D eigenvalue weighted by atomic mass is 10.2. The van der Waals surface area contributed by atoms with Gasteiger partial charge >= 0.3 is 0 Å². The summed E-state index contributed by atoms with van der Waals surface area (Å²) in [7, 11) is 1.66. The largest absolute Gasteiger partial charge is 0.497 e. The Balaban J connectivity index is 1.95. The van der Waals surface area contributed by atoms with Crippen LogP contribution in [0.25, 0.3) is 0 Å². The fraction of sp³-hybridized carbons (Fsp3) is 0.133. The first-order chi connectivity index (χ1) is 9.19. The number of hydrogen-bond donors (Lipinski definition) is 3. The fourth-order valence-electron chi connectivity index (χ4n) is 1.72. The van der Waals surface area contributed by atoms with Crippen molar-refractivity contribution in [3.8, 4) is 5.75 Å². The highest BCUT2D eigenvalue weighted by molar-refractivity contribution is 5.95. The SMILES string of the molecule is COc1ccc(CNc2ccc(C(=N)N)cc2)cc1. The summed E-state index contributed by atoms with van der Waals surface area (Å²) in [6, 6.07) is 15.4. The third-order valence-corrected chi connectivity index (χ3v) is 2.85. The van der Waals surface area contributed by atoms with E-state index < -0.39 is 0 Å². The molecule has 0 unspecified atom stereocenters. The maximum absolute atomic E-state index is 7.33. The van der Waals surface area contributed by atoms with Crippen molar-refractivity contribution in [1.82, 2.24) is 0 Å². The molecule has 0 spiro atoms. The van der Waals surface area contributed by atoms with Crippen LogP contribution in [0.15, 0.2) is 48.5 Å². The molecule has 2 aromatic carbocycles. The number of nitrogens with two attached hydrogens (primary N) is 1. The number of hydrogen-bond acceptors (Lipinski definition) is 3. The Morgan fingerprint density at radius 3 is 2.26 bits per heavy atom.